The van der Waals surface area contributed by atoms with Crippen LogP contribution in [0.1, 0.15) is 20.8 Å². The molecule has 0 bridgehead atoms. The molecule has 1 aromatic rings. The van der Waals surface area contributed by atoms with Crippen molar-refractivity contribution in [3.63, 3.8) is 0 Å². The van der Waals surface area contributed by atoms with Gasteiger partial charge in [0.15, 0.2) is 0 Å². The lowest BCUT2D eigenvalue weighted by molar-refractivity contribution is 0.430. The molecule has 0 saturated carbocycles. The molecule has 1 heterocycles. The highest BCUT2D eigenvalue weighted by molar-refractivity contribution is 9.10. The van der Waals surface area contributed by atoms with E-state index in [1.165, 1.54) is 0 Å². The molecule has 5 heteroatoms. The Balaban J connectivity index is 2.55. The van der Waals surface area contributed by atoms with Crippen LogP contribution < -0.4 is 10.2 Å². The summed E-state index contributed by atoms with van der Waals surface area (Å²) in [5.74, 6) is 0.908. The number of rotatable bonds is 4. The highest BCUT2D eigenvalue weighted by Gasteiger charge is 2.11. The minimum atomic E-state index is 0.144. The van der Waals surface area contributed by atoms with Crippen molar-refractivity contribution in [2.75, 3.05) is 25.0 Å². The minimum Gasteiger partial charge on any atom is -0.357 e. The van der Waals surface area contributed by atoms with Gasteiger partial charge in [0, 0.05) is 31.9 Å². The largest absolute Gasteiger partial charge is 0.357 e. The molecule has 0 spiro atoms. The molecule has 1 aromatic heterocycles. The second kappa shape index (κ2) is 6.03. The summed E-state index contributed by atoms with van der Waals surface area (Å²) in [5, 5.41) is 4.08. The number of aromatic nitrogens is 1. The van der Waals surface area contributed by atoms with Crippen molar-refractivity contribution >= 4 is 33.3 Å². The average Bonchev–Trinajstić information content (AvgIpc) is 2.15. The number of anilines is 1. The molecular formula is C12H19BrClN3. The second-order valence-corrected chi connectivity index (χ2v) is 6.35. The Hall–Kier alpha value is -0.320. The van der Waals surface area contributed by atoms with Gasteiger partial charge in [0.1, 0.15) is 5.82 Å². The molecule has 0 unspecified atom stereocenters. The van der Waals surface area contributed by atoms with E-state index in [2.05, 4.69) is 51.9 Å². The van der Waals surface area contributed by atoms with Crippen LogP contribution in [0.15, 0.2) is 16.7 Å². The molecule has 1 N–H and O–H groups in total. The van der Waals surface area contributed by atoms with Crippen LogP contribution in [0, 0.1) is 0 Å². The Morgan fingerprint density at radius 2 is 2.12 bits per heavy atom. The molecule has 17 heavy (non-hydrogen) atoms. The maximum atomic E-state index is 5.86. The van der Waals surface area contributed by atoms with Gasteiger partial charge in [0.2, 0.25) is 0 Å². The van der Waals surface area contributed by atoms with Crippen LogP contribution in [-0.4, -0.2) is 30.7 Å². The maximum Gasteiger partial charge on any atom is 0.142 e. The summed E-state index contributed by atoms with van der Waals surface area (Å²) in [6.45, 7) is 8.28. The zero-order valence-corrected chi connectivity index (χ0v) is 13.1. The first-order chi connectivity index (χ1) is 7.79. The number of likely N-dealkylation sites (N-methyl/N-ethyl adjacent to an activating group) is 1. The van der Waals surface area contributed by atoms with Crippen LogP contribution in [0.3, 0.4) is 0 Å². The van der Waals surface area contributed by atoms with Crippen molar-refractivity contribution in [1.82, 2.24) is 10.3 Å². The Bertz CT molecular complexity index is 377. The minimum absolute atomic E-state index is 0.144. The average molecular weight is 321 g/mol. The van der Waals surface area contributed by atoms with E-state index in [0.29, 0.717) is 5.02 Å². The Labute approximate surface area is 117 Å². The molecule has 0 radical (unpaired) electrons. The van der Waals surface area contributed by atoms with Crippen molar-refractivity contribution in [2.24, 2.45) is 0 Å². The molecule has 3 nitrogen and oxygen atoms in total. The second-order valence-electron chi connectivity index (χ2n) is 5.06. The van der Waals surface area contributed by atoms with Gasteiger partial charge in [-0.1, -0.05) is 11.6 Å². The predicted molar refractivity (Wildman–Crippen MR) is 78.0 cm³/mol. The van der Waals surface area contributed by atoms with Crippen LogP contribution in [0.2, 0.25) is 5.02 Å². The first-order valence-electron chi connectivity index (χ1n) is 5.57. The van der Waals surface area contributed by atoms with Gasteiger partial charge in [0.25, 0.3) is 0 Å². The molecule has 0 aromatic carbocycles. The van der Waals surface area contributed by atoms with E-state index in [1.807, 2.05) is 13.1 Å². The Kier molecular flexibility index (Phi) is 5.22. The van der Waals surface area contributed by atoms with Crippen molar-refractivity contribution in [3.8, 4) is 0 Å². The monoisotopic (exact) mass is 319 g/mol. The first kappa shape index (κ1) is 14.7. The summed E-state index contributed by atoms with van der Waals surface area (Å²) in [5.41, 5.74) is 0.144. The Morgan fingerprint density at radius 1 is 1.47 bits per heavy atom. The zero-order valence-electron chi connectivity index (χ0n) is 10.7. The fourth-order valence-corrected chi connectivity index (χ4v) is 2.33. The number of hydrogen-bond donors (Lipinski definition) is 1. The molecular weight excluding hydrogens is 302 g/mol. The van der Waals surface area contributed by atoms with E-state index in [0.717, 1.165) is 23.4 Å². The van der Waals surface area contributed by atoms with Crippen LogP contribution in [0.4, 0.5) is 5.82 Å². The van der Waals surface area contributed by atoms with Crippen LogP contribution >= 0.6 is 27.5 Å². The molecule has 0 aliphatic heterocycles. The lowest BCUT2D eigenvalue weighted by Crippen LogP contribution is -2.40. The number of pyridine rings is 1. The number of nitrogens with zero attached hydrogens (tertiary/aromatic N) is 2. The maximum absolute atomic E-state index is 5.86. The van der Waals surface area contributed by atoms with Gasteiger partial charge in [-0.3, -0.25) is 0 Å². The molecule has 0 fully saturated rings. The van der Waals surface area contributed by atoms with E-state index in [-0.39, 0.29) is 5.54 Å². The van der Waals surface area contributed by atoms with E-state index in [1.54, 1.807) is 6.20 Å². The Morgan fingerprint density at radius 3 is 2.65 bits per heavy atom. The van der Waals surface area contributed by atoms with Crippen LogP contribution in [0.5, 0.6) is 0 Å². The van der Waals surface area contributed by atoms with Crippen molar-refractivity contribution in [2.45, 2.75) is 26.3 Å². The van der Waals surface area contributed by atoms with Gasteiger partial charge in [-0.25, -0.2) is 4.98 Å². The topological polar surface area (TPSA) is 28.2 Å². The molecule has 0 saturated heterocycles. The zero-order chi connectivity index (χ0) is 13.1. The van der Waals surface area contributed by atoms with Crippen molar-refractivity contribution in [3.05, 3.63) is 21.8 Å². The van der Waals surface area contributed by atoms with E-state index >= 15 is 0 Å². The number of nitrogens with one attached hydrogen (secondary N) is 1. The van der Waals surface area contributed by atoms with Crippen LogP contribution in [-0.2, 0) is 0 Å². The standard InChI is InChI=1S/C12H19BrClN3/c1-12(2,3)16-5-6-17(4)11-10(13)7-9(14)8-15-11/h7-8,16H,5-6H2,1-4H3. The highest BCUT2D eigenvalue weighted by Crippen LogP contribution is 2.25. The van der Waals surface area contributed by atoms with Crippen molar-refractivity contribution < 1.29 is 0 Å². The normalized spacial score (nSPS) is 11.6. The summed E-state index contributed by atoms with van der Waals surface area (Å²) in [4.78, 5) is 6.41. The third-order valence-corrected chi connectivity index (χ3v) is 3.04. The van der Waals surface area contributed by atoms with Gasteiger partial charge < -0.3 is 10.2 Å². The lowest BCUT2D eigenvalue weighted by atomic mass is 10.1. The molecule has 0 atom stereocenters. The summed E-state index contributed by atoms with van der Waals surface area (Å²) in [6, 6.07) is 1.86. The third-order valence-electron chi connectivity index (χ3n) is 2.25. The molecule has 0 aliphatic carbocycles. The fourth-order valence-electron chi connectivity index (χ4n) is 1.39. The van der Waals surface area contributed by atoms with E-state index < -0.39 is 0 Å². The summed E-state index contributed by atoms with van der Waals surface area (Å²) >= 11 is 9.33. The molecule has 0 amide bonds. The predicted octanol–water partition coefficient (Wildman–Crippen LogP) is 3.32. The van der Waals surface area contributed by atoms with Gasteiger partial charge in [-0.2, -0.15) is 0 Å². The quantitative estimate of drug-likeness (QED) is 0.922. The molecule has 96 valence electrons. The number of halogens is 2. The van der Waals surface area contributed by atoms with Crippen molar-refractivity contribution in [1.29, 1.82) is 0 Å². The molecule has 1 rings (SSSR count). The van der Waals surface area contributed by atoms with Crippen LogP contribution in [0.25, 0.3) is 0 Å². The molecule has 0 aliphatic rings. The lowest BCUT2D eigenvalue weighted by Gasteiger charge is -2.24. The van der Waals surface area contributed by atoms with Gasteiger partial charge >= 0.3 is 0 Å². The summed E-state index contributed by atoms with van der Waals surface area (Å²) in [7, 11) is 2.02. The summed E-state index contributed by atoms with van der Waals surface area (Å²) < 4.78 is 0.920. The third kappa shape index (κ3) is 5.23. The summed E-state index contributed by atoms with van der Waals surface area (Å²) in [6.07, 6.45) is 1.66. The van der Waals surface area contributed by atoms with E-state index in [9.17, 15) is 0 Å². The van der Waals surface area contributed by atoms with Gasteiger partial charge in [-0.15, -0.1) is 0 Å². The smallest absolute Gasteiger partial charge is 0.142 e. The SMILES string of the molecule is CN(CCNC(C)(C)C)c1ncc(Cl)cc1Br. The number of hydrogen-bond acceptors (Lipinski definition) is 3. The van der Waals surface area contributed by atoms with E-state index in [4.69, 9.17) is 11.6 Å². The first-order valence-corrected chi connectivity index (χ1v) is 6.74. The van der Waals surface area contributed by atoms with Gasteiger partial charge in [-0.05, 0) is 42.8 Å². The van der Waals surface area contributed by atoms with Gasteiger partial charge in [0.05, 0.1) is 9.50 Å². The fraction of sp³-hybridized carbons (Fsp3) is 0.583. The highest BCUT2D eigenvalue weighted by atomic mass is 79.9.